The number of nitriles is 1. The zero-order valence-corrected chi connectivity index (χ0v) is 11.6. The number of carbonyl (C=O) groups excluding carboxylic acids is 1. The van der Waals surface area contributed by atoms with Crippen LogP contribution in [0.25, 0.3) is 0 Å². The van der Waals surface area contributed by atoms with Crippen molar-refractivity contribution in [3.63, 3.8) is 0 Å². The molecule has 0 saturated carbocycles. The Kier molecular flexibility index (Phi) is 3.44. The second-order valence-electron chi connectivity index (χ2n) is 4.50. The van der Waals surface area contributed by atoms with Gasteiger partial charge in [0.1, 0.15) is 5.69 Å². The molecule has 2 rings (SSSR count). The van der Waals surface area contributed by atoms with Gasteiger partial charge in [-0.2, -0.15) is 10.4 Å². The number of hydrogen-bond donors (Lipinski definition) is 1. The molecule has 1 aromatic heterocycles. The van der Waals surface area contributed by atoms with Crippen molar-refractivity contribution in [3.05, 3.63) is 41.2 Å². The van der Waals surface area contributed by atoms with E-state index in [-0.39, 0.29) is 5.91 Å². The lowest BCUT2D eigenvalue weighted by molar-refractivity contribution is 0.0985. The zero-order chi connectivity index (χ0) is 14.9. The van der Waals surface area contributed by atoms with Crippen LogP contribution in [0, 0.1) is 18.3 Å². The van der Waals surface area contributed by atoms with Gasteiger partial charge in [0.2, 0.25) is 0 Å². The minimum absolute atomic E-state index is 0.263. The Hall–Kier alpha value is -2.81. The highest BCUT2D eigenvalue weighted by Gasteiger charge is 2.22. The van der Waals surface area contributed by atoms with E-state index < -0.39 is 0 Å². The average Bonchev–Trinajstić information content (AvgIpc) is 2.70. The van der Waals surface area contributed by atoms with E-state index in [1.807, 2.05) is 6.07 Å². The number of nitrogens with two attached hydrogens (primary N) is 1. The average molecular weight is 269 g/mol. The molecule has 6 nitrogen and oxygen atoms in total. The first-order chi connectivity index (χ1) is 9.45. The number of benzene rings is 1. The van der Waals surface area contributed by atoms with Crippen LogP contribution in [0.4, 0.5) is 11.4 Å². The van der Waals surface area contributed by atoms with E-state index in [4.69, 9.17) is 11.0 Å². The molecule has 0 unspecified atom stereocenters. The molecule has 0 bridgehead atoms. The van der Waals surface area contributed by atoms with Crippen molar-refractivity contribution in [1.29, 1.82) is 5.26 Å². The van der Waals surface area contributed by atoms with Gasteiger partial charge in [-0.25, -0.2) is 0 Å². The predicted octanol–water partition coefficient (Wildman–Crippen LogP) is 1.46. The molecule has 20 heavy (non-hydrogen) atoms. The third kappa shape index (κ3) is 2.21. The second kappa shape index (κ2) is 5.05. The summed E-state index contributed by atoms with van der Waals surface area (Å²) in [6.45, 7) is 1.75. The van der Waals surface area contributed by atoms with Crippen LogP contribution in [0.3, 0.4) is 0 Å². The summed E-state index contributed by atoms with van der Waals surface area (Å²) in [5, 5.41) is 13.0. The van der Waals surface area contributed by atoms with Crippen LogP contribution in [0.15, 0.2) is 24.3 Å². The Labute approximate surface area is 117 Å². The normalized spacial score (nSPS) is 10.1. The molecule has 0 spiro atoms. The van der Waals surface area contributed by atoms with Gasteiger partial charge >= 0.3 is 0 Å². The van der Waals surface area contributed by atoms with E-state index in [0.29, 0.717) is 28.3 Å². The molecule has 1 aromatic carbocycles. The van der Waals surface area contributed by atoms with Gasteiger partial charge in [0.15, 0.2) is 0 Å². The zero-order valence-electron chi connectivity index (χ0n) is 11.6. The molecule has 1 amide bonds. The summed E-state index contributed by atoms with van der Waals surface area (Å²) in [5.41, 5.74) is 8.36. The van der Waals surface area contributed by atoms with Crippen LogP contribution in [-0.4, -0.2) is 22.7 Å². The van der Waals surface area contributed by atoms with E-state index in [0.717, 1.165) is 0 Å². The quantitative estimate of drug-likeness (QED) is 0.894. The fraction of sp³-hybridized carbons (Fsp3) is 0.214. The minimum atomic E-state index is -0.263. The molecule has 0 radical (unpaired) electrons. The van der Waals surface area contributed by atoms with Crippen molar-refractivity contribution < 1.29 is 4.79 Å². The summed E-state index contributed by atoms with van der Waals surface area (Å²) in [4.78, 5) is 14.0. The van der Waals surface area contributed by atoms with Gasteiger partial charge in [-0.05, 0) is 25.1 Å². The second-order valence-corrected chi connectivity index (χ2v) is 4.50. The number of nitrogen functional groups attached to an aromatic ring is 1. The topological polar surface area (TPSA) is 87.9 Å². The number of amides is 1. The lowest BCUT2D eigenvalue weighted by Crippen LogP contribution is -2.29. The third-order valence-electron chi connectivity index (χ3n) is 3.14. The molecular formula is C14H15N5O. The molecule has 0 fully saturated rings. The number of nitrogens with zero attached hydrogens (tertiary/aromatic N) is 4. The molecule has 0 aliphatic heterocycles. The van der Waals surface area contributed by atoms with Crippen molar-refractivity contribution in [3.8, 4) is 6.07 Å². The van der Waals surface area contributed by atoms with Gasteiger partial charge in [0, 0.05) is 19.8 Å². The van der Waals surface area contributed by atoms with Crippen molar-refractivity contribution in [2.24, 2.45) is 7.05 Å². The standard InChI is InChI=1S/C14H15N5O/c1-9-12(16)13(19(3)17-9)14(20)18(2)11-6-4-5-10(7-11)8-15/h4-7H,16H2,1-3H3. The van der Waals surface area contributed by atoms with Crippen LogP contribution in [0.1, 0.15) is 21.7 Å². The smallest absolute Gasteiger partial charge is 0.278 e. The first-order valence-corrected chi connectivity index (χ1v) is 6.03. The highest BCUT2D eigenvalue weighted by molar-refractivity contribution is 6.08. The van der Waals surface area contributed by atoms with Crippen LogP contribution in [0.5, 0.6) is 0 Å². The Balaban J connectivity index is 2.40. The molecule has 0 aliphatic carbocycles. The summed E-state index contributed by atoms with van der Waals surface area (Å²) in [6.07, 6.45) is 0. The number of carbonyl (C=O) groups is 1. The van der Waals surface area contributed by atoms with Gasteiger partial charge in [0.25, 0.3) is 5.91 Å². The molecule has 102 valence electrons. The van der Waals surface area contributed by atoms with E-state index in [9.17, 15) is 4.79 Å². The largest absolute Gasteiger partial charge is 0.395 e. The fourth-order valence-electron chi connectivity index (χ4n) is 1.99. The number of hydrogen-bond acceptors (Lipinski definition) is 4. The molecule has 0 aliphatic rings. The monoisotopic (exact) mass is 269 g/mol. The lowest BCUT2D eigenvalue weighted by atomic mass is 10.2. The fourth-order valence-corrected chi connectivity index (χ4v) is 1.99. The van der Waals surface area contributed by atoms with Crippen molar-refractivity contribution >= 4 is 17.3 Å². The van der Waals surface area contributed by atoms with E-state index in [1.54, 1.807) is 45.3 Å². The molecular weight excluding hydrogens is 254 g/mol. The first kappa shape index (κ1) is 13.6. The Morgan fingerprint density at radius 3 is 2.75 bits per heavy atom. The first-order valence-electron chi connectivity index (χ1n) is 6.03. The van der Waals surface area contributed by atoms with Gasteiger partial charge in [-0.3, -0.25) is 9.48 Å². The maximum atomic E-state index is 12.5. The highest BCUT2D eigenvalue weighted by Crippen LogP contribution is 2.21. The summed E-state index contributed by atoms with van der Waals surface area (Å²) in [5.74, 6) is -0.263. The highest BCUT2D eigenvalue weighted by atomic mass is 16.2. The van der Waals surface area contributed by atoms with Crippen molar-refractivity contribution in [1.82, 2.24) is 9.78 Å². The number of aromatic nitrogens is 2. The summed E-state index contributed by atoms with van der Waals surface area (Å²) >= 11 is 0. The Morgan fingerprint density at radius 1 is 1.50 bits per heavy atom. The van der Waals surface area contributed by atoms with Crippen LogP contribution < -0.4 is 10.6 Å². The maximum absolute atomic E-state index is 12.5. The predicted molar refractivity (Wildman–Crippen MR) is 76.2 cm³/mol. The molecule has 2 N–H and O–H groups in total. The molecule has 6 heteroatoms. The van der Waals surface area contributed by atoms with E-state index >= 15 is 0 Å². The number of rotatable bonds is 2. The van der Waals surface area contributed by atoms with Crippen LogP contribution >= 0.6 is 0 Å². The number of anilines is 2. The van der Waals surface area contributed by atoms with Crippen LogP contribution in [-0.2, 0) is 7.05 Å². The summed E-state index contributed by atoms with van der Waals surface area (Å²) in [7, 11) is 3.32. The van der Waals surface area contributed by atoms with Crippen LogP contribution in [0.2, 0.25) is 0 Å². The van der Waals surface area contributed by atoms with Gasteiger partial charge in [-0.1, -0.05) is 6.07 Å². The SMILES string of the molecule is Cc1nn(C)c(C(=O)N(C)c2cccc(C#N)c2)c1N. The summed E-state index contributed by atoms with van der Waals surface area (Å²) < 4.78 is 1.47. The number of aryl methyl sites for hydroxylation is 2. The summed E-state index contributed by atoms with van der Waals surface area (Å²) in [6, 6.07) is 8.88. The van der Waals surface area contributed by atoms with Gasteiger partial charge in [-0.15, -0.1) is 0 Å². The molecule has 0 atom stereocenters. The van der Waals surface area contributed by atoms with Gasteiger partial charge in [0.05, 0.1) is 23.0 Å². The molecule has 1 heterocycles. The van der Waals surface area contributed by atoms with E-state index in [2.05, 4.69) is 5.10 Å². The Bertz CT molecular complexity index is 711. The van der Waals surface area contributed by atoms with E-state index in [1.165, 1.54) is 9.58 Å². The maximum Gasteiger partial charge on any atom is 0.278 e. The Morgan fingerprint density at radius 2 is 2.20 bits per heavy atom. The van der Waals surface area contributed by atoms with Crippen molar-refractivity contribution in [2.45, 2.75) is 6.92 Å². The van der Waals surface area contributed by atoms with Gasteiger partial charge < -0.3 is 10.6 Å². The molecule has 0 saturated heterocycles. The lowest BCUT2D eigenvalue weighted by Gasteiger charge is -2.17. The van der Waals surface area contributed by atoms with Crippen molar-refractivity contribution in [2.75, 3.05) is 17.7 Å². The molecule has 2 aromatic rings. The third-order valence-corrected chi connectivity index (χ3v) is 3.14. The minimum Gasteiger partial charge on any atom is -0.395 e.